The van der Waals surface area contributed by atoms with Crippen molar-refractivity contribution >= 4 is 21.6 Å². The van der Waals surface area contributed by atoms with E-state index in [1.807, 2.05) is 0 Å². The second kappa shape index (κ2) is 6.67. The lowest BCUT2D eigenvalue weighted by Crippen LogP contribution is -2.13. The van der Waals surface area contributed by atoms with Gasteiger partial charge in [-0.15, -0.1) is 0 Å². The Morgan fingerprint density at radius 3 is 2.42 bits per heavy atom. The first kappa shape index (κ1) is 17.4. The van der Waals surface area contributed by atoms with E-state index in [-0.39, 0.29) is 17.1 Å². The molecule has 0 saturated carbocycles. The summed E-state index contributed by atoms with van der Waals surface area (Å²) in [5.74, 6) is -0.418. The van der Waals surface area contributed by atoms with E-state index in [1.165, 1.54) is 44.4 Å². The van der Waals surface area contributed by atoms with Crippen LogP contribution in [0.4, 0.5) is 5.69 Å². The van der Waals surface area contributed by atoms with Crippen molar-refractivity contribution in [1.82, 2.24) is 0 Å². The van der Waals surface area contributed by atoms with Crippen molar-refractivity contribution in [2.75, 3.05) is 7.11 Å². The molecule has 126 valence electrons. The molecule has 0 fully saturated rings. The number of carbonyl (C=O) groups is 1. The SMILES string of the molecule is COc1ccc(C(C)=O)c(OS(=O)(=O)c2ccccc2[N+](=O)[O-])c1. The van der Waals surface area contributed by atoms with Crippen molar-refractivity contribution < 1.29 is 27.1 Å². The summed E-state index contributed by atoms with van der Waals surface area (Å²) in [6.45, 7) is 1.24. The Balaban J connectivity index is 2.55. The highest BCUT2D eigenvalue weighted by molar-refractivity contribution is 7.87. The molecular formula is C15H13NO7S. The number of Topliss-reactive ketones (excluding diaryl/α,β-unsaturated/α-hetero) is 1. The van der Waals surface area contributed by atoms with Crippen LogP contribution in [0.25, 0.3) is 0 Å². The van der Waals surface area contributed by atoms with Crippen molar-refractivity contribution in [3.8, 4) is 11.5 Å². The summed E-state index contributed by atoms with van der Waals surface area (Å²) in [6.07, 6.45) is 0. The predicted octanol–water partition coefficient (Wildman–Crippen LogP) is 2.57. The Bertz CT molecular complexity index is 906. The summed E-state index contributed by atoms with van der Waals surface area (Å²) in [5.41, 5.74) is -0.609. The summed E-state index contributed by atoms with van der Waals surface area (Å²) in [5, 5.41) is 11.0. The van der Waals surface area contributed by atoms with E-state index in [9.17, 15) is 23.3 Å². The summed E-state index contributed by atoms with van der Waals surface area (Å²) in [7, 11) is -3.16. The van der Waals surface area contributed by atoms with Crippen molar-refractivity contribution in [1.29, 1.82) is 0 Å². The number of benzene rings is 2. The third-order valence-electron chi connectivity index (χ3n) is 3.10. The average Bonchev–Trinajstić information content (AvgIpc) is 2.54. The molecule has 0 spiro atoms. The van der Waals surface area contributed by atoms with Crippen LogP contribution in [0.5, 0.6) is 11.5 Å². The van der Waals surface area contributed by atoms with Gasteiger partial charge < -0.3 is 8.92 Å². The van der Waals surface area contributed by atoms with Gasteiger partial charge in [0.25, 0.3) is 5.69 Å². The number of hydrogen-bond acceptors (Lipinski definition) is 7. The fourth-order valence-electron chi connectivity index (χ4n) is 1.97. The van der Waals surface area contributed by atoms with Gasteiger partial charge in [0.1, 0.15) is 5.75 Å². The highest BCUT2D eigenvalue weighted by Gasteiger charge is 2.28. The van der Waals surface area contributed by atoms with Crippen LogP contribution in [0, 0.1) is 10.1 Å². The standard InChI is InChI=1S/C15H13NO7S/c1-10(17)12-8-7-11(22-2)9-14(12)23-24(20,21)15-6-4-3-5-13(15)16(18)19/h3-9H,1-2H3. The molecule has 0 amide bonds. The summed E-state index contributed by atoms with van der Waals surface area (Å²) < 4.78 is 34.8. The Morgan fingerprint density at radius 1 is 1.17 bits per heavy atom. The zero-order valence-electron chi connectivity index (χ0n) is 12.8. The van der Waals surface area contributed by atoms with Crippen molar-refractivity contribution in [3.63, 3.8) is 0 Å². The summed E-state index contributed by atoms with van der Waals surface area (Å²) in [6, 6.07) is 8.83. The van der Waals surface area contributed by atoms with Crippen molar-refractivity contribution in [2.45, 2.75) is 11.8 Å². The quantitative estimate of drug-likeness (QED) is 0.340. The minimum atomic E-state index is -4.52. The second-order valence-corrected chi connectivity index (χ2v) is 6.20. The van der Waals surface area contributed by atoms with Gasteiger partial charge in [-0.1, -0.05) is 12.1 Å². The van der Waals surface area contributed by atoms with Gasteiger partial charge in [0.2, 0.25) is 0 Å². The van der Waals surface area contributed by atoms with E-state index in [2.05, 4.69) is 0 Å². The van der Waals surface area contributed by atoms with E-state index in [4.69, 9.17) is 8.92 Å². The van der Waals surface area contributed by atoms with Crippen LogP contribution in [-0.4, -0.2) is 26.2 Å². The lowest BCUT2D eigenvalue weighted by molar-refractivity contribution is -0.387. The van der Waals surface area contributed by atoms with E-state index < -0.39 is 31.4 Å². The van der Waals surface area contributed by atoms with Gasteiger partial charge >= 0.3 is 10.1 Å². The molecule has 0 aliphatic heterocycles. The maximum Gasteiger partial charge on any atom is 0.346 e. The monoisotopic (exact) mass is 351 g/mol. The fourth-order valence-corrected chi connectivity index (χ4v) is 3.08. The predicted molar refractivity (Wildman–Crippen MR) is 83.9 cm³/mol. The Kier molecular flexibility index (Phi) is 4.84. The molecule has 2 rings (SSSR count). The van der Waals surface area contributed by atoms with E-state index >= 15 is 0 Å². The first-order chi connectivity index (χ1) is 11.3. The number of nitro benzene ring substituents is 1. The fraction of sp³-hybridized carbons (Fsp3) is 0.133. The van der Waals surface area contributed by atoms with Crippen LogP contribution >= 0.6 is 0 Å². The molecule has 0 unspecified atom stereocenters. The van der Waals surface area contributed by atoms with Gasteiger partial charge in [-0.3, -0.25) is 14.9 Å². The minimum absolute atomic E-state index is 0.0120. The number of nitrogens with zero attached hydrogens (tertiary/aromatic N) is 1. The second-order valence-electron chi connectivity index (χ2n) is 4.68. The number of carbonyl (C=O) groups excluding carboxylic acids is 1. The molecule has 0 bridgehead atoms. The zero-order chi connectivity index (χ0) is 17.9. The largest absolute Gasteiger partial charge is 0.497 e. The van der Waals surface area contributed by atoms with Crippen molar-refractivity contribution in [2.24, 2.45) is 0 Å². The Labute approximate surface area is 137 Å². The smallest absolute Gasteiger partial charge is 0.346 e. The maximum atomic E-state index is 12.4. The van der Waals surface area contributed by atoms with Gasteiger partial charge in [0.15, 0.2) is 16.4 Å². The van der Waals surface area contributed by atoms with E-state index in [0.29, 0.717) is 0 Å². The van der Waals surface area contributed by atoms with Gasteiger partial charge in [-0.25, -0.2) is 0 Å². The van der Waals surface area contributed by atoms with Crippen LogP contribution in [0.1, 0.15) is 17.3 Å². The molecule has 24 heavy (non-hydrogen) atoms. The molecule has 0 saturated heterocycles. The Hall–Kier alpha value is -2.94. The van der Waals surface area contributed by atoms with Crippen LogP contribution in [0.3, 0.4) is 0 Å². The summed E-state index contributed by atoms with van der Waals surface area (Å²) >= 11 is 0. The third kappa shape index (κ3) is 3.51. The maximum absolute atomic E-state index is 12.4. The number of ketones is 1. The normalized spacial score (nSPS) is 10.9. The van der Waals surface area contributed by atoms with Gasteiger partial charge in [-0.2, -0.15) is 8.42 Å². The first-order valence-corrected chi connectivity index (χ1v) is 8.04. The van der Waals surface area contributed by atoms with Crippen molar-refractivity contribution in [3.05, 3.63) is 58.1 Å². The molecule has 0 aliphatic carbocycles. The minimum Gasteiger partial charge on any atom is -0.497 e. The molecule has 0 aromatic heterocycles. The zero-order valence-corrected chi connectivity index (χ0v) is 13.6. The number of nitro groups is 1. The lowest BCUT2D eigenvalue weighted by atomic mass is 10.1. The molecule has 0 aliphatic rings. The van der Waals surface area contributed by atoms with Crippen LogP contribution in [0.15, 0.2) is 47.4 Å². The topological polar surface area (TPSA) is 113 Å². The highest BCUT2D eigenvalue weighted by Crippen LogP contribution is 2.31. The molecule has 8 nitrogen and oxygen atoms in total. The van der Waals surface area contributed by atoms with Crippen LogP contribution in [-0.2, 0) is 10.1 Å². The van der Waals surface area contributed by atoms with E-state index in [0.717, 1.165) is 12.1 Å². The summed E-state index contributed by atoms with van der Waals surface area (Å²) in [4.78, 5) is 21.2. The lowest BCUT2D eigenvalue weighted by Gasteiger charge is -2.11. The van der Waals surface area contributed by atoms with Gasteiger partial charge in [-0.05, 0) is 25.1 Å². The number of hydrogen-bond donors (Lipinski definition) is 0. The van der Waals surface area contributed by atoms with Crippen LogP contribution in [0.2, 0.25) is 0 Å². The van der Waals surface area contributed by atoms with Gasteiger partial charge in [0, 0.05) is 12.1 Å². The van der Waals surface area contributed by atoms with Crippen LogP contribution < -0.4 is 8.92 Å². The molecule has 0 atom stereocenters. The number of para-hydroxylation sites is 1. The first-order valence-electron chi connectivity index (χ1n) is 6.63. The molecule has 0 heterocycles. The number of rotatable bonds is 6. The molecule has 2 aromatic carbocycles. The molecular weight excluding hydrogens is 338 g/mol. The van der Waals surface area contributed by atoms with E-state index in [1.54, 1.807) is 0 Å². The number of ether oxygens (including phenoxy) is 1. The third-order valence-corrected chi connectivity index (χ3v) is 4.38. The average molecular weight is 351 g/mol. The molecule has 0 N–H and O–H groups in total. The highest BCUT2D eigenvalue weighted by atomic mass is 32.2. The molecule has 0 radical (unpaired) electrons. The number of methoxy groups -OCH3 is 1. The van der Waals surface area contributed by atoms with Gasteiger partial charge in [0.05, 0.1) is 17.6 Å². The molecule has 9 heteroatoms. The Morgan fingerprint density at radius 2 is 1.83 bits per heavy atom. The molecule has 2 aromatic rings.